The Hall–Kier alpha value is -3.07. The highest BCUT2D eigenvalue weighted by atomic mass is 19.4. The molecule has 0 saturated carbocycles. The monoisotopic (exact) mass is 420 g/mol. The first-order valence-electron chi connectivity index (χ1n) is 9.46. The highest BCUT2D eigenvalue weighted by Gasteiger charge is 2.37. The zero-order valence-corrected chi connectivity index (χ0v) is 15.9. The molecule has 4 rings (SSSR count). The van der Waals surface area contributed by atoms with Crippen molar-refractivity contribution in [3.8, 4) is 5.75 Å². The Morgan fingerprint density at radius 1 is 0.967 bits per heavy atom. The molecule has 0 unspecified atom stereocenters. The number of carbonyl (C=O) groups excluding carboxylic acids is 2. The first-order chi connectivity index (χ1) is 14.3. The van der Waals surface area contributed by atoms with Crippen LogP contribution in [0, 0.1) is 0 Å². The predicted octanol–water partition coefficient (Wildman–Crippen LogP) is 2.97. The third-order valence-electron chi connectivity index (χ3n) is 5.08. The lowest BCUT2D eigenvalue weighted by atomic mass is 10.1. The number of carbonyl (C=O) groups is 2. The average Bonchev–Trinajstić information content (AvgIpc) is 2.77. The molecule has 0 aromatic heterocycles. The van der Waals surface area contributed by atoms with E-state index in [1.54, 1.807) is 29.2 Å². The van der Waals surface area contributed by atoms with Crippen molar-refractivity contribution in [3.05, 3.63) is 59.7 Å². The summed E-state index contributed by atoms with van der Waals surface area (Å²) in [5.41, 5.74) is -0.271. The number of fused-ring (bicyclic) bond motifs is 1. The van der Waals surface area contributed by atoms with Crippen molar-refractivity contribution in [1.29, 1.82) is 0 Å². The summed E-state index contributed by atoms with van der Waals surface area (Å²) in [5.74, 6) is -0.382. The van der Waals surface area contributed by atoms with E-state index in [4.69, 9.17) is 9.47 Å². The van der Waals surface area contributed by atoms with Crippen LogP contribution >= 0.6 is 0 Å². The van der Waals surface area contributed by atoms with Crippen molar-refractivity contribution in [1.82, 2.24) is 4.90 Å². The number of rotatable bonds is 2. The summed E-state index contributed by atoms with van der Waals surface area (Å²) in [6, 6.07) is 10.8. The Balaban J connectivity index is 1.60. The molecule has 9 heteroatoms. The molecule has 30 heavy (non-hydrogen) atoms. The minimum Gasteiger partial charge on any atom is -0.476 e. The van der Waals surface area contributed by atoms with E-state index in [0.29, 0.717) is 37.7 Å². The molecule has 1 saturated heterocycles. The molecule has 0 aliphatic carbocycles. The van der Waals surface area contributed by atoms with Crippen LogP contribution in [-0.2, 0) is 15.7 Å². The molecule has 0 N–H and O–H groups in total. The van der Waals surface area contributed by atoms with Crippen LogP contribution in [-0.4, -0.2) is 55.7 Å². The number of morpholine rings is 1. The fourth-order valence-corrected chi connectivity index (χ4v) is 3.50. The quantitative estimate of drug-likeness (QED) is 0.750. The molecule has 2 aromatic carbocycles. The molecule has 0 spiro atoms. The second kappa shape index (κ2) is 7.98. The third kappa shape index (κ3) is 3.97. The first kappa shape index (κ1) is 20.2. The number of halogens is 3. The maximum Gasteiger partial charge on any atom is 0.416 e. The number of alkyl halides is 3. The lowest BCUT2D eigenvalue weighted by Gasteiger charge is -2.37. The van der Waals surface area contributed by atoms with Gasteiger partial charge >= 0.3 is 6.18 Å². The maximum absolute atomic E-state index is 13.1. The standard InChI is InChI=1S/C21H19F3N2O4/c22-21(23,24)15-7-5-14(6-8-15)19(27)26-13-18(20(28)25-9-11-29-12-10-25)30-17-4-2-1-3-16(17)26/h1-8,18H,9-13H2/t18-/m1/s1. The highest BCUT2D eigenvalue weighted by molar-refractivity contribution is 6.07. The van der Waals surface area contributed by atoms with Gasteiger partial charge in [0, 0.05) is 18.7 Å². The molecule has 2 aliphatic rings. The van der Waals surface area contributed by atoms with Gasteiger partial charge in [0.25, 0.3) is 11.8 Å². The van der Waals surface area contributed by atoms with Crippen molar-refractivity contribution >= 4 is 17.5 Å². The van der Waals surface area contributed by atoms with Gasteiger partial charge in [0.15, 0.2) is 6.10 Å². The highest BCUT2D eigenvalue weighted by Crippen LogP contribution is 2.35. The van der Waals surface area contributed by atoms with E-state index >= 15 is 0 Å². The molecule has 1 fully saturated rings. The number of amides is 2. The summed E-state index contributed by atoms with van der Waals surface area (Å²) in [6.07, 6.45) is -5.39. The van der Waals surface area contributed by atoms with Crippen LogP contribution < -0.4 is 9.64 Å². The van der Waals surface area contributed by atoms with Gasteiger partial charge in [-0.25, -0.2) is 0 Å². The van der Waals surface area contributed by atoms with Gasteiger partial charge in [-0.3, -0.25) is 9.59 Å². The van der Waals surface area contributed by atoms with E-state index < -0.39 is 23.8 Å². The van der Waals surface area contributed by atoms with Crippen molar-refractivity contribution in [2.75, 3.05) is 37.7 Å². The number of ether oxygens (including phenoxy) is 2. The van der Waals surface area contributed by atoms with Crippen molar-refractivity contribution in [3.63, 3.8) is 0 Å². The average molecular weight is 420 g/mol. The number of para-hydroxylation sites is 2. The zero-order valence-electron chi connectivity index (χ0n) is 15.9. The van der Waals surface area contributed by atoms with Crippen LogP contribution in [0.3, 0.4) is 0 Å². The van der Waals surface area contributed by atoms with Crippen LogP contribution in [0.5, 0.6) is 5.75 Å². The normalized spacial score (nSPS) is 19.1. The van der Waals surface area contributed by atoms with Crippen molar-refractivity contribution < 1.29 is 32.2 Å². The van der Waals surface area contributed by atoms with Gasteiger partial charge in [-0.2, -0.15) is 13.2 Å². The Kier molecular flexibility index (Phi) is 5.38. The SMILES string of the molecule is O=C([C@H]1CN(C(=O)c2ccc(C(F)(F)F)cc2)c2ccccc2O1)N1CCOCC1. The molecule has 2 aliphatic heterocycles. The molecule has 2 heterocycles. The van der Waals surface area contributed by atoms with Crippen LogP contribution in [0.15, 0.2) is 48.5 Å². The van der Waals surface area contributed by atoms with E-state index in [0.717, 1.165) is 24.3 Å². The molecule has 0 bridgehead atoms. The van der Waals surface area contributed by atoms with E-state index in [1.807, 2.05) is 0 Å². The second-order valence-electron chi connectivity index (χ2n) is 7.00. The maximum atomic E-state index is 13.1. The summed E-state index contributed by atoms with van der Waals surface area (Å²) < 4.78 is 49.6. The third-order valence-corrected chi connectivity index (χ3v) is 5.08. The molecule has 1 atom stereocenters. The van der Waals surface area contributed by atoms with Crippen molar-refractivity contribution in [2.24, 2.45) is 0 Å². The van der Waals surface area contributed by atoms with Gasteiger partial charge in [-0.05, 0) is 36.4 Å². The van der Waals surface area contributed by atoms with E-state index in [-0.39, 0.29) is 18.0 Å². The topological polar surface area (TPSA) is 59.1 Å². The Bertz CT molecular complexity index is 940. The summed E-state index contributed by atoms with van der Waals surface area (Å²) in [7, 11) is 0. The van der Waals surface area contributed by atoms with Gasteiger partial charge in [-0.1, -0.05) is 12.1 Å². The van der Waals surface area contributed by atoms with Crippen LogP contribution in [0.4, 0.5) is 18.9 Å². The first-order valence-corrected chi connectivity index (χ1v) is 9.46. The predicted molar refractivity (Wildman–Crippen MR) is 101 cm³/mol. The lowest BCUT2D eigenvalue weighted by Crippen LogP contribution is -2.54. The molecule has 6 nitrogen and oxygen atoms in total. The number of anilines is 1. The second-order valence-corrected chi connectivity index (χ2v) is 7.00. The summed E-state index contributed by atoms with van der Waals surface area (Å²) in [4.78, 5) is 29.0. The molecular formula is C21H19F3N2O4. The lowest BCUT2D eigenvalue weighted by molar-refractivity contribution is -0.142. The summed E-state index contributed by atoms with van der Waals surface area (Å²) in [6.45, 7) is 1.71. The van der Waals surface area contributed by atoms with Crippen molar-refractivity contribution in [2.45, 2.75) is 12.3 Å². The minimum absolute atomic E-state index is 0.0347. The molecular weight excluding hydrogens is 401 g/mol. The molecule has 2 amide bonds. The summed E-state index contributed by atoms with van der Waals surface area (Å²) >= 11 is 0. The Morgan fingerprint density at radius 2 is 1.63 bits per heavy atom. The number of hydrogen-bond acceptors (Lipinski definition) is 4. The van der Waals surface area contributed by atoms with Gasteiger partial charge in [0.2, 0.25) is 0 Å². The fourth-order valence-electron chi connectivity index (χ4n) is 3.50. The number of hydrogen-bond donors (Lipinski definition) is 0. The smallest absolute Gasteiger partial charge is 0.416 e. The van der Waals surface area contributed by atoms with Gasteiger partial charge < -0.3 is 19.3 Å². The summed E-state index contributed by atoms with van der Waals surface area (Å²) in [5, 5.41) is 0. The number of nitrogens with zero attached hydrogens (tertiary/aromatic N) is 2. The number of benzene rings is 2. The van der Waals surface area contributed by atoms with Gasteiger partial charge in [0.1, 0.15) is 5.75 Å². The molecule has 158 valence electrons. The van der Waals surface area contributed by atoms with E-state index in [2.05, 4.69) is 0 Å². The zero-order chi connectivity index (χ0) is 21.3. The molecule has 0 radical (unpaired) electrons. The van der Waals surface area contributed by atoms with Gasteiger partial charge in [0.05, 0.1) is 31.0 Å². The van der Waals surface area contributed by atoms with Crippen LogP contribution in [0.25, 0.3) is 0 Å². The minimum atomic E-state index is -4.48. The fraction of sp³-hybridized carbons (Fsp3) is 0.333. The van der Waals surface area contributed by atoms with Crippen LogP contribution in [0.2, 0.25) is 0 Å². The Morgan fingerprint density at radius 3 is 2.30 bits per heavy atom. The Labute approximate surface area is 170 Å². The van der Waals surface area contributed by atoms with E-state index in [1.165, 1.54) is 4.90 Å². The van der Waals surface area contributed by atoms with Crippen LogP contribution in [0.1, 0.15) is 15.9 Å². The van der Waals surface area contributed by atoms with Gasteiger partial charge in [-0.15, -0.1) is 0 Å². The largest absolute Gasteiger partial charge is 0.476 e. The van der Waals surface area contributed by atoms with E-state index in [9.17, 15) is 22.8 Å². The molecule has 2 aromatic rings.